The molecule has 2 aliphatic carbocycles. The summed E-state index contributed by atoms with van der Waals surface area (Å²) >= 11 is 0. The molecule has 3 aliphatic rings. The van der Waals surface area contributed by atoms with E-state index in [1.54, 1.807) is 0 Å². The molecular weight excluding hydrogens is 360 g/mol. The maximum Gasteiger partial charge on any atom is 0.163 e. The molecular formula is C26H32O3. The number of hydrogen-bond donors (Lipinski definition) is 0. The number of carbonyl (C=O) groups excluding carboxylic acids is 2. The number of hydrogen-bond acceptors (Lipinski definition) is 3. The van der Waals surface area contributed by atoms with E-state index < -0.39 is 0 Å². The Labute approximate surface area is 174 Å². The minimum absolute atomic E-state index is 0.121. The summed E-state index contributed by atoms with van der Waals surface area (Å²) < 4.78 is 6.38. The number of Topliss-reactive ketones (excluding diaryl/α,β-unsaturated/α-hetero) is 2. The maximum atomic E-state index is 13.4. The van der Waals surface area contributed by atoms with E-state index in [2.05, 4.69) is 60.6 Å². The van der Waals surface area contributed by atoms with E-state index in [0.717, 1.165) is 52.2 Å². The van der Waals surface area contributed by atoms with E-state index in [1.165, 1.54) is 5.56 Å². The fraction of sp³-hybridized carbons (Fsp3) is 0.538. The van der Waals surface area contributed by atoms with Gasteiger partial charge in [-0.2, -0.15) is 0 Å². The van der Waals surface area contributed by atoms with Gasteiger partial charge in [-0.25, -0.2) is 0 Å². The molecule has 0 radical (unpaired) electrons. The second kappa shape index (κ2) is 6.42. The van der Waals surface area contributed by atoms with Crippen molar-refractivity contribution < 1.29 is 14.3 Å². The monoisotopic (exact) mass is 392 g/mol. The Bertz CT molecular complexity index is 926. The minimum Gasteiger partial charge on any atom is -0.465 e. The molecule has 0 atom stereocenters. The Morgan fingerprint density at radius 3 is 1.59 bits per heavy atom. The van der Waals surface area contributed by atoms with Crippen molar-refractivity contribution in [1.29, 1.82) is 0 Å². The predicted molar refractivity (Wildman–Crippen MR) is 115 cm³/mol. The Morgan fingerprint density at radius 1 is 0.759 bits per heavy atom. The zero-order valence-corrected chi connectivity index (χ0v) is 18.8. The summed E-state index contributed by atoms with van der Waals surface area (Å²) in [4.78, 5) is 26.7. The summed E-state index contributed by atoms with van der Waals surface area (Å²) in [6.45, 7) is 14.8. The zero-order valence-electron chi connectivity index (χ0n) is 18.8. The molecule has 3 nitrogen and oxygen atoms in total. The first-order valence-electron chi connectivity index (χ1n) is 10.7. The van der Waals surface area contributed by atoms with E-state index in [9.17, 15) is 9.59 Å². The summed E-state index contributed by atoms with van der Waals surface area (Å²) in [5, 5.41) is 0. The van der Waals surface area contributed by atoms with Crippen molar-refractivity contribution in [1.82, 2.24) is 0 Å². The van der Waals surface area contributed by atoms with Crippen LogP contribution in [-0.2, 0) is 14.3 Å². The van der Waals surface area contributed by atoms with Gasteiger partial charge >= 0.3 is 0 Å². The van der Waals surface area contributed by atoms with Crippen LogP contribution in [0.4, 0.5) is 0 Å². The predicted octanol–water partition coefficient (Wildman–Crippen LogP) is 6.01. The van der Waals surface area contributed by atoms with Gasteiger partial charge in [0.15, 0.2) is 11.6 Å². The van der Waals surface area contributed by atoms with Crippen molar-refractivity contribution in [2.24, 2.45) is 10.8 Å². The number of allylic oxidation sites excluding steroid dienone is 4. The minimum atomic E-state index is -0.290. The highest BCUT2D eigenvalue weighted by atomic mass is 16.5. The Morgan fingerprint density at radius 2 is 1.17 bits per heavy atom. The number of carbonyl (C=O) groups is 2. The lowest BCUT2D eigenvalue weighted by Crippen LogP contribution is -2.38. The van der Waals surface area contributed by atoms with Crippen molar-refractivity contribution in [3.05, 3.63) is 57.1 Å². The summed E-state index contributed by atoms with van der Waals surface area (Å²) in [6, 6.07) is 4.32. The van der Waals surface area contributed by atoms with Crippen LogP contribution in [0.2, 0.25) is 0 Å². The third kappa shape index (κ3) is 3.39. The molecule has 1 aliphatic heterocycles. The van der Waals surface area contributed by atoms with Gasteiger partial charge in [0.05, 0.1) is 0 Å². The summed E-state index contributed by atoms with van der Waals surface area (Å²) in [6.07, 6.45) is 2.47. The highest BCUT2D eigenvalue weighted by molar-refractivity contribution is 6.06. The molecule has 4 rings (SSSR count). The highest BCUT2D eigenvalue weighted by Gasteiger charge is 2.48. The van der Waals surface area contributed by atoms with Crippen LogP contribution in [-0.4, -0.2) is 11.6 Å². The molecule has 0 amide bonds. The standard InChI is InChI=1S/C26H32O3/c1-14-8-15(2)21(16(3)9-14)24-22-17(27)10-25(4,5)12-19(22)29-20-13-26(6,7)11-18(28)23(20)24/h8-9,24H,10-13H2,1-7H3. The molecule has 1 heterocycles. The van der Waals surface area contributed by atoms with Gasteiger partial charge in [0, 0.05) is 42.7 Å². The van der Waals surface area contributed by atoms with Crippen LogP contribution in [0.3, 0.4) is 0 Å². The van der Waals surface area contributed by atoms with Crippen LogP contribution in [0.15, 0.2) is 34.8 Å². The molecule has 0 N–H and O–H groups in total. The molecule has 29 heavy (non-hydrogen) atoms. The lowest BCUT2D eigenvalue weighted by molar-refractivity contribution is -0.120. The van der Waals surface area contributed by atoms with Gasteiger partial charge in [0.25, 0.3) is 0 Å². The van der Waals surface area contributed by atoms with Crippen LogP contribution < -0.4 is 0 Å². The Balaban J connectivity index is 1.98. The SMILES string of the molecule is Cc1cc(C)c(C2C3=C(CC(C)(C)CC3=O)OC3=C2C(=O)CC(C)(C)C3)c(C)c1. The molecule has 0 saturated heterocycles. The quantitative estimate of drug-likeness (QED) is 0.587. The largest absolute Gasteiger partial charge is 0.465 e. The molecule has 1 aromatic rings. The maximum absolute atomic E-state index is 13.4. The second-order valence-electron chi connectivity index (χ2n) is 10.9. The van der Waals surface area contributed by atoms with Crippen LogP contribution >= 0.6 is 0 Å². The van der Waals surface area contributed by atoms with E-state index >= 15 is 0 Å². The number of ether oxygens (including phenoxy) is 1. The average molecular weight is 393 g/mol. The van der Waals surface area contributed by atoms with Crippen molar-refractivity contribution in [2.45, 2.75) is 80.1 Å². The van der Waals surface area contributed by atoms with Gasteiger partial charge < -0.3 is 4.74 Å². The number of ketones is 2. The van der Waals surface area contributed by atoms with Gasteiger partial charge in [-0.15, -0.1) is 0 Å². The average Bonchev–Trinajstić information content (AvgIpc) is 2.49. The fourth-order valence-corrected chi connectivity index (χ4v) is 5.61. The van der Waals surface area contributed by atoms with Gasteiger partial charge in [-0.3, -0.25) is 9.59 Å². The lowest BCUT2D eigenvalue weighted by atomic mass is 9.64. The second-order valence-corrected chi connectivity index (χ2v) is 10.9. The number of benzene rings is 1. The molecule has 3 heteroatoms. The van der Waals surface area contributed by atoms with Crippen molar-refractivity contribution in [3.63, 3.8) is 0 Å². The van der Waals surface area contributed by atoms with E-state index in [0.29, 0.717) is 12.8 Å². The van der Waals surface area contributed by atoms with Gasteiger partial charge in [0.2, 0.25) is 0 Å². The fourth-order valence-electron chi connectivity index (χ4n) is 5.61. The smallest absolute Gasteiger partial charge is 0.163 e. The lowest BCUT2D eigenvalue weighted by Gasteiger charge is -2.43. The molecule has 0 unspecified atom stereocenters. The number of rotatable bonds is 1. The van der Waals surface area contributed by atoms with Gasteiger partial charge in [-0.1, -0.05) is 45.4 Å². The van der Waals surface area contributed by atoms with Crippen LogP contribution in [0.5, 0.6) is 0 Å². The molecule has 154 valence electrons. The first-order valence-corrected chi connectivity index (χ1v) is 10.7. The number of aryl methyl sites for hydroxylation is 3. The van der Waals surface area contributed by atoms with Gasteiger partial charge in [0.1, 0.15) is 11.5 Å². The normalized spacial score (nSPS) is 23.7. The van der Waals surface area contributed by atoms with Crippen LogP contribution in [0, 0.1) is 31.6 Å². The van der Waals surface area contributed by atoms with Crippen molar-refractivity contribution in [2.75, 3.05) is 0 Å². The summed E-state index contributed by atoms with van der Waals surface area (Å²) in [5.41, 5.74) is 5.81. The highest BCUT2D eigenvalue weighted by Crippen LogP contribution is 2.54. The van der Waals surface area contributed by atoms with Crippen molar-refractivity contribution >= 4 is 11.6 Å². The Hall–Kier alpha value is -2.16. The summed E-state index contributed by atoms with van der Waals surface area (Å²) in [5.74, 6) is 1.55. The molecule has 0 aromatic heterocycles. The topological polar surface area (TPSA) is 43.4 Å². The third-order valence-corrected chi connectivity index (χ3v) is 6.61. The molecule has 0 fully saturated rings. The summed E-state index contributed by atoms with van der Waals surface area (Å²) in [7, 11) is 0. The molecule has 0 bridgehead atoms. The van der Waals surface area contributed by atoms with E-state index in [1.807, 2.05) is 0 Å². The molecule has 1 aromatic carbocycles. The first kappa shape index (κ1) is 20.1. The molecule has 0 saturated carbocycles. The third-order valence-electron chi connectivity index (χ3n) is 6.61. The first-order chi connectivity index (χ1) is 13.4. The van der Waals surface area contributed by atoms with Crippen LogP contribution in [0.25, 0.3) is 0 Å². The Kier molecular flexibility index (Phi) is 4.45. The van der Waals surface area contributed by atoms with Crippen molar-refractivity contribution in [3.8, 4) is 0 Å². The molecule has 0 spiro atoms. The van der Waals surface area contributed by atoms with E-state index in [-0.39, 0.29) is 28.3 Å². The van der Waals surface area contributed by atoms with E-state index in [4.69, 9.17) is 4.74 Å². The van der Waals surface area contributed by atoms with Crippen LogP contribution in [0.1, 0.15) is 81.5 Å². The zero-order chi connectivity index (χ0) is 21.3. The van der Waals surface area contributed by atoms with Gasteiger partial charge in [-0.05, 0) is 48.3 Å².